The van der Waals surface area contributed by atoms with Gasteiger partial charge >= 0.3 is 0 Å². The summed E-state index contributed by atoms with van der Waals surface area (Å²) in [4.78, 5) is 23.8. The fraction of sp³-hybridized carbons (Fsp3) is 0.107. The van der Waals surface area contributed by atoms with E-state index in [0.717, 1.165) is 11.1 Å². The van der Waals surface area contributed by atoms with E-state index in [1.165, 1.54) is 30.2 Å². The van der Waals surface area contributed by atoms with Gasteiger partial charge in [-0.25, -0.2) is 0 Å². The zero-order valence-electron chi connectivity index (χ0n) is 20.1. The van der Waals surface area contributed by atoms with E-state index < -0.39 is 11.0 Å². The van der Waals surface area contributed by atoms with Crippen molar-refractivity contribution in [3.8, 4) is 5.69 Å². The van der Waals surface area contributed by atoms with Crippen LogP contribution in [0.4, 0.5) is 5.69 Å². The topological polar surface area (TPSA) is 116 Å². The highest BCUT2D eigenvalue weighted by atomic mass is 32.2. The van der Waals surface area contributed by atoms with E-state index in [0.29, 0.717) is 28.8 Å². The molecular weight excluding hydrogens is 502 g/mol. The molecule has 1 N–H and O–H groups in total. The van der Waals surface area contributed by atoms with Crippen LogP contribution in [0.15, 0.2) is 113 Å². The summed E-state index contributed by atoms with van der Waals surface area (Å²) < 4.78 is 7.14. The molecule has 5 rings (SSSR count). The van der Waals surface area contributed by atoms with Crippen LogP contribution in [-0.2, 0) is 12.2 Å². The van der Waals surface area contributed by atoms with Crippen LogP contribution in [-0.4, -0.2) is 25.6 Å². The fourth-order valence-corrected chi connectivity index (χ4v) is 4.90. The van der Waals surface area contributed by atoms with Crippen LogP contribution >= 0.6 is 11.8 Å². The van der Waals surface area contributed by atoms with Gasteiger partial charge in [0.2, 0.25) is 0 Å². The summed E-state index contributed by atoms with van der Waals surface area (Å²) in [6.45, 7) is 0. The number of rotatable bonds is 10. The number of furan rings is 1. The normalized spacial score (nSPS) is 11.7. The molecule has 0 aliphatic carbocycles. The van der Waals surface area contributed by atoms with E-state index in [2.05, 4.69) is 15.5 Å². The zero-order valence-corrected chi connectivity index (χ0v) is 21.0. The number of benzene rings is 3. The first-order valence-corrected chi connectivity index (χ1v) is 12.8. The van der Waals surface area contributed by atoms with E-state index in [-0.39, 0.29) is 17.4 Å². The predicted octanol–water partition coefficient (Wildman–Crippen LogP) is 5.77. The van der Waals surface area contributed by atoms with Crippen molar-refractivity contribution in [2.45, 2.75) is 23.4 Å². The summed E-state index contributed by atoms with van der Waals surface area (Å²) >= 11 is 1.49. The fourth-order valence-electron chi connectivity index (χ4n) is 3.98. The van der Waals surface area contributed by atoms with Gasteiger partial charge in [0, 0.05) is 23.6 Å². The first-order chi connectivity index (χ1) is 18.6. The van der Waals surface area contributed by atoms with E-state index in [4.69, 9.17) is 4.42 Å². The van der Waals surface area contributed by atoms with Crippen LogP contribution in [0, 0.1) is 10.1 Å². The quantitative estimate of drug-likeness (QED) is 0.140. The standard InChI is InChI=1S/C28H23N5O4S/c34-27(25-12-7-17-37-25)29-24(18-20-8-3-1-4-9-20)26-30-31-28(38-19-21-10-5-2-6-11-21)32(26)22-13-15-23(16-14-22)33(35)36/h1-17,24H,18-19H2,(H,29,34). The maximum absolute atomic E-state index is 13.0. The Balaban J connectivity index is 1.55. The van der Waals surface area contributed by atoms with Crippen molar-refractivity contribution in [1.29, 1.82) is 0 Å². The Bertz CT molecular complexity index is 1500. The van der Waals surface area contributed by atoms with E-state index in [9.17, 15) is 14.9 Å². The first-order valence-electron chi connectivity index (χ1n) is 11.8. The molecule has 1 atom stereocenters. The number of carbonyl (C=O) groups excluding carboxylic acids is 1. The van der Waals surface area contributed by atoms with Crippen molar-refractivity contribution in [2.24, 2.45) is 0 Å². The molecule has 0 radical (unpaired) electrons. The van der Waals surface area contributed by atoms with Crippen LogP contribution in [0.25, 0.3) is 5.69 Å². The molecule has 0 aliphatic rings. The molecule has 1 unspecified atom stereocenters. The van der Waals surface area contributed by atoms with Crippen molar-refractivity contribution in [3.63, 3.8) is 0 Å². The molecule has 1 amide bonds. The molecule has 2 heterocycles. The van der Waals surface area contributed by atoms with Crippen molar-refractivity contribution < 1.29 is 14.1 Å². The Morgan fingerprint density at radius 1 is 0.921 bits per heavy atom. The molecule has 2 aromatic heterocycles. The lowest BCUT2D eigenvalue weighted by Gasteiger charge is -2.20. The lowest BCUT2D eigenvalue weighted by Crippen LogP contribution is -2.31. The zero-order chi connectivity index (χ0) is 26.3. The maximum Gasteiger partial charge on any atom is 0.287 e. The second kappa shape index (κ2) is 11.6. The van der Waals surface area contributed by atoms with Crippen LogP contribution in [0.5, 0.6) is 0 Å². The van der Waals surface area contributed by atoms with Crippen LogP contribution in [0.3, 0.4) is 0 Å². The lowest BCUT2D eigenvalue weighted by molar-refractivity contribution is -0.384. The van der Waals surface area contributed by atoms with Crippen molar-refractivity contribution in [1.82, 2.24) is 20.1 Å². The number of aromatic nitrogens is 3. The molecule has 3 aromatic carbocycles. The SMILES string of the molecule is O=C(NC(Cc1ccccc1)c1nnc(SCc2ccccc2)n1-c1ccc([N+](=O)[O-])cc1)c1ccco1. The Morgan fingerprint density at radius 2 is 1.61 bits per heavy atom. The number of carbonyl (C=O) groups is 1. The average Bonchev–Trinajstić information content (AvgIpc) is 3.64. The monoisotopic (exact) mass is 525 g/mol. The van der Waals surface area contributed by atoms with E-state index in [1.807, 2.05) is 65.2 Å². The number of nitro groups is 1. The Kier molecular flexibility index (Phi) is 7.60. The van der Waals surface area contributed by atoms with Crippen molar-refractivity contribution in [3.05, 3.63) is 136 Å². The number of amides is 1. The lowest BCUT2D eigenvalue weighted by atomic mass is 10.0. The largest absolute Gasteiger partial charge is 0.459 e. The number of hydrogen-bond acceptors (Lipinski definition) is 7. The molecule has 0 aliphatic heterocycles. The highest BCUT2D eigenvalue weighted by molar-refractivity contribution is 7.98. The summed E-state index contributed by atoms with van der Waals surface area (Å²) in [6.07, 6.45) is 1.89. The van der Waals surface area contributed by atoms with Crippen molar-refractivity contribution >= 4 is 23.4 Å². The van der Waals surface area contributed by atoms with Gasteiger partial charge in [-0.05, 0) is 41.8 Å². The van der Waals surface area contributed by atoms with Gasteiger partial charge in [-0.3, -0.25) is 19.5 Å². The third kappa shape index (κ3) is 5.81. The third-order valence-electron chi connectivity index (χ3n) is 5.83. The van der Waals surface area contributed by atoms with Gasteiger partial charge in [0.25, 0.3) is 11.6 Å². The van der Waals surface area contributed by atoms with E-state index in [1.54, 1.807) is 24.3 Å². The number of non-ortho nitro benzene ring substituents is 1. The van der Waals surface area contributed by atoms with Crippen molar-refractivity contribution in [2.75, 3.05) is 0 Å². The molecule has 0 fully saturated rings. The molecule has 0 saturated carbocycles. The maximum atomic E-state index is 13.0. The Labute approximate surface area is 222 Å². The number of nitrogens with one attached hydrogen (secondary N) is 1. The summed E-state index contributed by atoms with van der Waals surface area (Å²) in [5, 5.41) is 23.9. The van der Waals surface area contributed by atoms with Gasteiger partial charge in [0.15, 0.2) is 16.7 Å². The molecule has 38 heavy (non-hydrogen) atoms. The minimum Gasteiger partial charge on any atom is -0.459 e. The highest BCUT2D eigenvalue weighted by Gasteiger charge is 2.26. The second-order valence-corrected chi connectivity index (χ2v) is 9.36. The first kappa shape index (κ1) is 25.0. The Hall–Kier alpha value is -4.70. The summed E-state index contributed by atoms with van der Waals surface area (Å²) in [6, 6.07) is 28.6. The number of nitrogens with zero attached hydrogens (tertiary/aromatic N) is 4. The molecular formula is C28H23N5O4S. The van der Waals surface area contributed by atoms with Gasteiger partial charge in [0.05, 0.1) is 17.2 Å². The van der Waals surface area contributed by atoms with Gasteiger partial charge in [-0.15, -0.1) is 10.2 Å². The smallest absolute Gasteiger partial charge is 0.287 e. The highest BCUT2D eigenvalue weighted by Crippen LogP contribution is 2.30. The van der Waals surface area contributed by atoms with Crippen LogP contribution < -0.4 is 5.32 Å². The van der Waals surface area contributed by atoms with Gasteiger partial charge in [-0.2, -0.15) is 0 Å². The minimum absolute atomic E-state index is 0.0196. The van der Waals surface area contributed by atoms with E-state index >= 15 is 0 Å². The van der Waals surface area contributed by atoms with Crippen LogP contribution in [0.1, 0.15) is 33.5 Å². The summed E-state index contributed by atoms with van der Waals surface area (Å²) in [5.41, 5.74) is 2.74. The molecule has 190 valence electrons. The predicted molar refractivity (Wildman–Crippen MR) is 143 cm³/mol. The summed E-state index contributed by atoms with van der Waals surface area (Å²) in [5.74, 6) is 0.947. The van der Waals surface area contributed by atoms with Gasteiger partial charge in [-0.1, -0.05) is 72.4 Å². The second-order valence-electron chi connectivity index (χ2n) is 8.42. The van der Waals surface area contributed by atoms with Crippen LogP contribution in [0.2, 0.25) is 0 Å². The third-order valence-corrected chi connectivity index (χ3v) is 6.83. The summed E-state index contributed by atoms with van der Waals surface area (Å²) in [7, 11) is 0. The molecule has 9 nitrogen and oxygen atoms in total. The van der Waals surface area contributed by atoms with Gasteiger partial charge in [0.1, 0.15) is 0 Å². The molecule has 0 saturated heterocycles. The molecule has 10 heteroatoms. The molecule has 0 bridgehead atoms. The van der Waals surface area contributed by atoms with Gasteiger partial charge < -0.3 is 9.73 Å². The average molecular weight is 526 g/mol. The molecule has 0 spiro atoms. The molecule has 5 aromatic rings. The number of nitro benzene ring substituents is 1. The number of thioether (sulfide) groups is 1. The number of hydrogen-bond donors (Lipinski definition) is 1. The minimum atomic E-state index is -0.566. The Morgan fingerprint density at radius 3 is 2.24 bits per heavy atom.